The van der Waals surface area contributed by atoms with Crippen LogP contribution in [0.5, 0.6) is 0 Å². The second kappa shape index (κ2) is 7.86. The fourth-order valence-electron chi connectivity index (χ4n) is 2.90. The number of anilines is 2. The first kappa shape index (κ1) is 16.4. The Hall–Kier alpha value is -2.50. The van der Waals surface area contributed by atoms with Crippen molar-refractivity contribution < 1.29 is 9.18 Å². The van der Waals surface area contributed by atoms with Crippen molar-refractivity contribution in [2.24, 2.45) is 0 Å². The highest BCUT2D eigenvalue weighted by Crippen LogP contribution is 2.19. The summed E-state index contributed by atoms with van der Waals surface area (Å²) < 4.78 is 13.1. The number of nitrogens with one attached hydrogen (secondary N) is 2. The third-order valence-corrected chi connectivity index (χ3v) is 4.18. The molecule has 1 aromatic heterocycles. The van der Waals surface area contributed by atoms with Gasteiger partial charge in [-0.2, -0.15) is 0 Å². The Morgan fingerprint density at radius 2 is 1.79 bits per heavy atom. The Morgan fingerprint density at radius 3 is 2.46 bits per heavy atom. The van der Waals surface area contributed by atoms with Gasteiger partial charge in [-0.3, -0.25) is 4.79 Å². The number of rotatable bonds is 4. The SMILES string of the molecule is O=C(Nc1cccc(F)c1)c1cnc(NC2CCCCCC2)nc1. The van der Waals surface area contributed by atoms with Crippen molar-refractivity contribution in [1.82, 2.24) is 9.97 Å². The number of amides is 1. The molecule has 0 unspecified atom stereocenters. The van der Waals surface area contributed by atoms with E-state index in [9.17, 15) is 9.18 Å². The minimum absolute atomic E-state index is 0.339. The minimum Gasteiger partial charge on any atom is -0.351 e. The maximum absolute atomic E-state index is 13.1. The van der Waals surface area contributed by atoms with Gasteiger partial charge in [0.2, 0.25) is 5.95 Å². The smallest absolute Gasteiger partial charge is 0.258 e. The molecule has 1 fully saturated rings. The normalized spacial score (nSPS) is 15.5. The largest absolute Gasteiger partial charge is 0.351 e. The molecule has 24 heavy (non-hydrogen) atoms. The lowest BCUT2D eigenvalue weighted by molar-refractivity contribution is 0.102. The van der Waals surface area contributed by atoms with Crippen LogP contribution in [0.4, 0.5) is 16.0 Å². The molecular formula is C18H21FN4O. The first-order valence-electron chi connectivity index (χ1n) is 8.36. The quantitative estimate of drug-likeness (QED) is 0.833. The fourth-order valence-corrected chi connectivity index (χ4v) is 2.90. The van der Waals surface area contributed by atoms with Gasteiger partial charge in [0.1, 0.15) is 5.82 Å². The minimum atomic E-state index is -0.396. The summed E-state index contributed by atoms with van der Waals surface area (Å²) in [7, 11) is 0. The zero-order chi connectivity index (χ0) is 16.8. The van der Waals surface area contributed by atoms with Crippen LogP contribution in [0, 0.1) is 5.82 Å². The van der Waals surface area contributed by atoms with Gasteiger partial charge in [-0.25, -0.2) is 14.4 Å². The number of aromatic nitrogens is 2. The second-order valence-electron chi connectivity index (χ2n) is 6.09. The van der Waals surface area contributed by atoms with Gasteiger partial charge in [0.15, 0.2) is 0 Å². The molecule has 126 valence electrons. The van der Waals surface area contributed by atoms with Gasteiger partial charge in [0.05, 0.1) is 5.56 Å². The molecule has 2 aromatic rings. The van der Waals surface area contributed by atoms with Crippen molar-refractivity contribution in [3.63, 3.8) is 0 Å². The standard InChI is InChI=1S/C18H21FN4O/c19-14-6-5-9-16(10-14)22-17(24)13-11-20-18(21-12-13)23-15-7-3-1-2-4-8-15/h5-6,9-12,15H,1-4,7-8H2,(H,22,24)(H,20,21,23). The zero-order valence-corrected chi connectivity index (χ0v) is 13.5. The number of hydrogen-bond donors (Lipinski definition) is 2. The van der Waals surface area contributed by atoms with Gasteiger partial charge in [0.25, 0.3) is 5.91 Å². The Kier molecular flexibility index (Phi) is 5.36. The molecule has 1 amide bonds. The van der Waals surface area contributed by atoms with E-state index in [2.05, 4.69) is 20.6 Å². The summed E-state index contributed by atoms with van der Waals surface area (Å²) in [5, 5.41) is 5.97. The summed E-state index contributed by atoms with van der Waals surface area (Å²) in [5.41, 5.74) is 0.742. The van der Waals surface area contributed by atoms with E-state index in [1.807, 2.05) is 0 Å². The van der Waals surface area contributed by atoms with Crippen molar-refractivity contribution in [1.29, 1.82) is 0 Å². The molecule has 5 nitrogen and oxygen atoms in total. The number of halogens is 1. The van der Waals surface area contributed by atoms with Crippen LogP contribution in [0.1, 0.15) is 48.9 Å². The third-order valence-electron chi connectivity index (χ3n) is 4.18. The molecule has 3 rings (SSSR count). The van der Waals surface area contributed by atoms with E-state index in [0.29, 0.717) is 23.2 Å². The van der Waals surface area contributed by atoms with Crippen LogP contribution in [0.25, 0.3) is 0 Å². The molecule has 1 saturated carbocycles. The predicted octanol–water partition coefficient (Wildman–Crippen LogP) is 4.00. The average molecular weight is 328 g/mol. The summed E-state index contributed by atoms with van der Waals surface area (Å²) in [4.78, 5) is 20.6. The summed E-state index contributed by atoms with van der Waals surface area (Å²) >= 11 is 0. The number of nitrogens with zero attached hydrogens (tertiary/aromatic N) is 2. The van der Waals surface area contributed by atoms with Crippen LogP contribution in [-0.2, 0) is 0 Å². The van der Waals surface area contributed by atoms with Crippen molar-refractivity contribution in [3.8, 4) is 0 Å². The molecule has 6 heteroatoms. The molecule has 0 atom stereocenters. The van der Waals surface area contributed by atoms with Crippen LogP contribution in [0.3, 0.4) is 0 Å². The highest BCUT2D eigenvalue weighted by molar-refractivity contribution is 6.03. The molecule has 1 heterocycles. The lowest BCUT2D eigenvalue weighted by Gasteiger charge is -2.15. The van der Waals surface area contributed by atoms with E-state index in [-0.39, 0.29) is 5.91 Å². The van der Waals surface area contributed by atoms with E-state index >= 15 is 0 Å². The van der Waals surface area contributed by atoms with Crippen LogP contribution in [0.15, 0.2) is 36.7 Å². The molecule has 0 bridgehead atoms. The lowest BCUT2D eigenvalue weighted by Crippen LogP contribution is -2.20. The number of hydrogen-bond acceptors (Lipinski definition) is 4. The van der Waals surface area contributed by atoms with E-state index in [1.165, 1.54) is 50.2 Å². The van der Waals surface area contributed by atoms with Gasteiger partial charge in [-0.15, -0.1) is 0 Å². The fraction of sp³-hybridized carbons (Fsp3) is 0.389. The number of carbonyl (C=O) groups excluding carboxylic acids is 1. The first-order chi connectivity index (χ1) is 11.7. The zero-order valence-electron chi connectivity index (χ0n) is 13.5. The summed E-state index contributed by atoms with van der Waals surface area (Å²) in [6.45, 7) is 0. The van der Waals surface area contributed by atoms with Gasteiger partial charge in [-0.05, 0) is 31.0 Å². The van der Waals surface area contributed by atoms with Crippen molar-refractivity contribution >= 4 is 17.5 Å². The Morgan fingerprint density at radius 1 is 1.08 bits per heavy atom. The van der Waals surface area contributed by atoms with E-state index in [1.54, 1.807) is 12.1 Å². The topological polar surface area (TPSA) is 66.9 Å². The molecule has 2 N–H and O–H groups in total. The molecule has 0 saturated heterocycles. The Bertz CT molecular complexity index is 682. The highest BCUT2D eigenvalue weighted by Gasteiger charge is 2.14. The summed E-state index contributed by atoms with van der Waals surface area (Å²) in [6.07, 6.45) is 10.3. The van der Waals surface area contributed by atoms with Crippen LogP contribution >= 0.6 is 0 Å². The monoisotopic (exact) mass is 328 g/mol. The van der Waals surface area contributed by atoms with Crippen molar-refractivity contribution in [3.05, 3.63) is 48.0 Å². The summed E-state index contributed by atoms with van der Waals surface area (Å²) in [5.74, 6) is -0.210. The molecule has 0 spiro atoms. The maximum atomic E-state index is 13.1. The lowest BCUT2D eigenvalue weighted by atomic mass is 10.1. The predicted molar refractivity (Wildman–Crippen MR) is 91.5 cm³/mol. The van der Waals surface area contributed by atoms with E-state index in [4.69, 9.17) is 0 Å². The second-order valence-corrected chi connectivity index (χ2v) is 6.09. The van der Waals surface area contributed by atoms with Gasteiger partial charge >= 0.3 is 0 Å². The molecule has 1 aliphatic rings. The van der Waals surface area contributed by atoms with Crippen molar-refractivity contribution in [2.75, 3.05) is 10.6 Å². The Labute approximate surface area is 140 Å². The third kappa shape index (κ3) is 4.50. The molecule has 1 aromatic carbocycles. The van der Waals surface area contributed by atoms with Gasteiger partial charge in [0, 0.05) is 24.1 Å². The van der Waals surface area contributed by atoms with Gasteiger partial charge < -0.3 is 10.6 Å². The van der Waals surface area contributed by atoms with Crippen LogP contribution < -0.4 is 10.6 Å². The maximum Gasteiger partial charge on any atom is 0.258 e. The average Bonchev–Trinajstić information content (AvgIpc) is 2.84. The molecule has 1 aliphatic carbocycles. The van der Waals surface area contributed by atoms with E-state index in [0.717, 1.165) is 12.8 Å². The van der Waals surface area contributed by atoms with Crippen molar-refractivity contribution in [2.45, 2.75) is 44.6 Å². The Balaban J connectivity index is 1.60. The number of carbonyl (C=O) groups is 1. The van der Waals surface area contributed by atoms with Crippen LogP contribution in [-0.4, -0.2) is 21.9 Å². The summed E-state index contributed by atoms with van der Waals surface area (Å²) in [6, 6.07) is 6.16. The highest BCUT2D eigenvalue weighted by atomic mass is 19.1. The molecule has 0 aliphatic heterocycles. The van der Waals surface area contributed by atoms with E-state index < -0.39 is 5.82 Å². The number of benzene rings is 1. The van der Waals surface area contributed by atoms with Crippen LogP contribution in [0.2, 0.25) is 0 Å². The molecule has 0 radical (unpaired) electrons. The molecular weight excluding hydrogens is 307 g/mol. The first-order valence-corrected chi connectivity index (χ1v) is 8.36. The van der Waals surface area contributed by atoms with Gasteiger partial charge in [-0.1, -0.05) is 31.7 Å².